The molecule has 9 nitrogen and oxygen atoms in total. The number of hydrogen-bond acceptors (Lipinski definition) is 7. The fourth-order valence-corrected chi connectivity index (χ4v) is 4.07. The number of benzene rings is 3. The number of sulfonamides is 1. The molecule has 0 saturated carbocycles. The monoisotopic (exact) mass is 493 g/mol. The van der Waals surface area contributed by atoms with Crippen LogP contribution in [0.1, 0.15) is 15.9 Å². The summed E-state index contributed by atoms with van der Waals surface area (Å²) in [5.74, 6) is 0.403. The van der Waals surface area contributed by atoms with Crippen molar-refractivity contribution < 1.29 is 27.1 Å². The lowest BCUT2D eigenvalue weighted by atomic mass is 10.1. The zero-order valence-electron chi connectivity index (χ0n) is 19.2. The van der Waals surface area contributed by atoms with Crippen molar-refractivity contribution in [1.82, 2.24) is 4.83 Å². The van der Waals surface area contributed by atoms with E-state index in [2.05, 4.69) is 15.2 Å². The molecule has 0 bridgehead atoms. The van der Waals surface area contributed by atoms with E-state index in [-0.39, 0.29) is 16.0 Å². The van der Waals surface area contributed by atoms with E-state index in [0.29, 0.717) is 28.2 Å². The molecule has 3 aromatic carbocycles. The van der Waals surface area contributed by atoms with Gasteiger partial charge in [-0.05, 0) is 31.2 Å². The zero-order chi connectivity index (χ0) is 25.0. The molecule has 0 saturated heterocycles. The summed E-state index contributed by atoms with van der Waals surface area (Å²) >= 11 is 0. The summed E-state index contributed by atoms with van der Waals surface area (Å²) in [6.07, 6.45) is 0. The number of aryl methyl sites for hydroxylation is 1. The largest absolute Gasteiger partial charge is 0.497 e. The highest BCUT2D eigenvalue weighted by atomic mass is 32.2. The summed E-state index contributed by atoms with van der Waals surface area (Å²) in [6.45, 7) is 1.85. The first-order valence-corrected chi connectivity index (χ1v) is 12.0. The number of carbonyl (C=O) groups is 1. The van der Waals surface area contributed by atoms with Gasteiger partial charge in [-0.2, -0.15) is 13.2 Å². The number of methoxy groups -OCH3 is 2. The number of ether oxygens (including phenoxy) is 2. The summed E-state index contributed by atoms with van der Waals surface area (Å²) in [7, 11) is -0.990. The highest BCUT2D eigenvalue weighted by Crippen LogP contribution is 2.26. The lowest BCUT2D eigenvalue weighted by molar-refractivity contribution is 0.102. The van der Waals surface area contributed by atoms with Gasteiger partial charge in [0.25, 0.3) is 15.9 Å². The van der Waals surface area contributed by atoms with Crippen molar-refractivity contribution in [2.24, 2.45) is 5.10 Å². The van der Waals surface area contributed by atoms with E-state index in [0.717, 1.165) is 5.56 Å². The molecule has 1 amide bonds. The van der Waals surface area contributed by atoms with Crippen LogP contribution in [-0.2, 0) is 10.0 Å². The van der Waals surface area contributed by atoms with E-state index in [1.54, 1.807) is 60.7 Å². The van der Waals surface area contributed by atoms with Gasteiger partial charge in [0.05, 0.1) is 19.1 Å². The number of nitrogens with zero attached hydrogens (tertiary/aromatic N) is 1. The number of fused-ring (bicyclic) bond motifs is 1. The van der Waals surface area contributed by atoms with Crippen LogP contribution in [0.2, 0.25) is 0 Å². The van der Waals surface area contributed by atoms with Gasteiger partial charge in [-0.1, -0.05) is 35.9 Å². The molecule has 1 aromatic heterocycles. The first-order chi connectivity index (χ1) is 16.8. The molecule has 0 aliphatic heterocycles. The second-order valence-corrected chi connectivity index (χ2v) is 9.24. The Balaban J connectivity index is 1.75. The first kappa shape index (κ1) is 23.8. The smallest absolute Gasteiger partial charge is 0.276 e. The molecule has 2 N–H and O–H groups in total. The molecular formula is C25H23N3O6S. The SMILES string of the molecule is COc1cc(NC(=O)c2cc3ccccc3oc2=NNS(=O)(=O)c2ccc(C)cc2)cc(OC)c1. The number of rotatable bonds is 7. The van der Waals surface area contributed by atoms with E-state index in [9.17, 15) is 13.2 Å². The summed E-state index contributed by atoms with van der Waals surface area (Å²) in [5.41, 5.74) is 1.58. The highest BCUT2D eigenvalue weighted by Gasteiger charge is 2.17. The molecule has 35 heavy (non-hydrogen) atoms. The molecule has 10 heteroatoms. The molecule has 0 atom stereocenters. The maximum atomic E-state index is 13.2. The topological polar surface area (TPSA) is 119 Å². The van der Waals surface area contributed by atoms with Gasteiger partial charge in [-0.25, -0.2) is 0 Å². The minimum absolute atomic E-state index is 0.0251. The summed E-state index contributed by atoms with van der Waals surface area (Å²) in [4.78, 5) is 15.4. The fraction of sp³-hybridized carbons (Fsp3) is 0.120. The first-order valence-electron chi connectivity index (χ1n) is 10.5. The van der Waals surface area contributed by atoms with Gasteiger partial charge in [0, 0.05) is 29.3 Å². The van der Waals surface area contributed by atoms with Crippen molar-refractivity contribution in [1.29, 1.82) is 0 Å². The van der Waals surface area contributed by atoms with Gasteiger partial charge in [0.2, 0.25) is 5.55 Å². The third kappa shape index (κ3) is 5.44. The third-order valence-electron chi connectivity index (χ3n) is 5.11. The maximum absolute atomic E-state index is 13.2. The van der Waals surface area contributed by atoms with Crippen molar-refractivity contribution in [3.05, 3.63) is 89.5 Å². The molecule has 4 rings (SSSR count). The predicted octanol–water partition coefficient (Wildman–Crippen LogP) is 3.80. The Labute approximate surface area is 202 Å². The van der Waals surface area contributed by atoms with Crippen molar-refractivity contribution in [3.63, 3.8) is 0 Å². The average molecular weight is 494 g/mol. The number of carbonyl (C=O) groups excluding carboxylic acids is 1. The van der Waals surface area contributed by atoms with Crippen LogP contribution in [0.4, 0.5) is 5.69 Å². The van der Waals surface area contributed by atoms with Crippen LogP contribution in [-0.4, -0.2) is 28.5 Å². The van der Waals surface area contributed by atoms with E-state index in [1.165, 1.54) is 26.4 Å². The lowest BCUT2D eigenvalue weighted by Gasteiger charge is -2.10. The van der Waals surface area contributed by atoms with Crippen LogP contribution in [0.25, 0.3) is 11.0 Å². The Bertz CT molecular complexity index is 1540. The van der Waals surface area contributed by atoms with E-state index in [1.807, 2.05) is 6.92 Å². The molecule has 0 aliphatic carbocycles. The van der Waals surface area contributed by atoms with Crippen LogP contribution < -0.4 is 25.2 Å². The van der Waals surface area contributed by atoms with Crippen LogP contribution in [0.3, 0.4) is 0 Å². The molecule has 0 spiro atoms. The Kier molecular flexibility index (Phi) is 6.74. The van der Waals surface area contributed by atoms with E-state index < -0.39 is 15.9 Å². The number of hydrogen-bond donors (Lipinski definition) is 2. The second kappa shape index (κ2) is 9.90. The van der Waals surface area contributed by atoms with Gasteiger partial charge in [-0.3, -0.25) is 4.79 Å². The van der Waals surface area contributed by atoms with E-state index in [4.69, 9.17) is 13.9 Å². The Morgan fingerprint density at radius 1 is 0.914 bits per heavy atom. The van der Waals surface area contributed by atoms with Gasteiger partial charge in [0.15, 0.2) is 0 Å². The minimum Gasteiger partial charge on any atom is -0.497 e. The van der Waals surface area contributed by atoms with Crippen molar-refractivity contribution >= 4 is 32.6 Å². The molecule has 0 aliphatic rings. The average Bonchev–Trinajstić information content (AvgIpc) is 2.86. The van der Waals surface area contributed by atoms with Crippen molar-refractivity contribution in [2.75, 3.05) is 19.5 Å². The number of anilines is 1. The van der Waals surface area contributed by atoms with Crippen LogP contribution in [0, 0.1) is 6.92 Å². The molecule has 0 fully saturated rings. The van der Waals surface area contributed by atoms with E-state index >= 15 is 0 Å². The Hall–Kier alpha value is -4.31. The number of para-hydroxylation sites is 1. The number of nitrogens with one attached hydrogen (secondary N) is 2. The summed E-state index contributed by atoms with van der Waals surface area (Å²) in [5, 5.41) is 7.33. The van der Waals surface area contributed by atoms with Gasteiger partial charge < -0.3 is 19.2 Å². The number of amides is 1. The Morgan fingerprint density at radius 2 is 1.57 bits per heavy atom. The molecule has 1 heterocycles. The summed E-state index contributed by atoms with van der Waals surface area (Å²) in [6, 6.07) is 19.8. The van der Waals surface area contributed by atoms with Crippen LogP contribution in [0.5, 0.6) is 11.5 Å². The van der Waals surface area contributed by atoms with Gasteiger partial charge in [0.1, 0.15) is 22.6 Å². The third-order valence-corrected chi connectivity index (χ3v) is 6.33. The predicted molar refractivity (Wildman–Crippen MR) is 131 cm³/mol. The molecular weight excluding hydrogens is 470 g/mol. The van der Waals surface area contributed by atoms with Crippen molar-refractivity contribution in [2.45, 2.75) is 11.8 Å². The molecule has 0 radical (unpaired) electrons. The minimum atomic E-state index is -3.99. The normalized spacial score (nSPS) is 11.8. The maximum Gasteiger partial charge on any atom is 0.276 e. The molecule has 180 valence electrons. The Morgan fingerprint density at radius 3 is 2.23 bits per heavy atom. The fourth-order valence-electron chi connectivity index (χ4n) is 3.26. The quantitative estimate of drug-likeness (QED) is 0.378. The standard InChI is InChI=1S/C25H23N3O6S/c1-16-8-10-21(11-9-16)35(30,31)28-27-25-22(12-17-6-4-5-7-23(17)34-25)24(29)26-18-13-19(32-2)15-20(14-18)33-3/h4-15,28H,1-3H3,(H,26,29). The molecule has 0 unspecified atom stereocenters. The van der Waals surface area contributed by atoms with Gasteiger partial charge >= 0.3 is 0 Å². The highest BCUT2D eigenvalue weighted by molar-refractivity contribution is 7.89. The summed E-state index contributed by atoms with van der Waals surface area (Å²) < 4.78 is 41.7. The second-order valence-electron chi connectivity index (χ2n) is 7.58. The van der Waals surface area contributed by atoms with Crippen molar-refractivity contribution in [3.8, 4) is 11.5 Å². The lowest BCUT2D eigenvalue weighted by Crippen LogP contribution is -2.27. The van der Waals surface area contributed by atoms with Crippen LogP contribution in [0.15, 0.2) is 87.2 Å². The zero-order valence-corrected chi connectivity index (χ0v) is 20.0. The van der Waals surface area contributed by atoms with Gasteiger partial charge in [-0.15, -0.1) is 5.10 Å². The molecule has 4 aromatic rings. The van der Waals surface area contributed by atoms with Crippen LogP contribution >= 0.6 is 0 Å².